The molecule has 0 aliphatic carbocycles. The molecular formula is C22H28N4O4S. The standard InChI is InChI=1S/C22H28N4O4S/c1-15-21(31-14-24-15)17-4-2-16(3-5-17)11-23-22(29)19-10-18(27)12-26(19)20(28)13-25-6-8-30-9-7-25/h2-5,14,18-19,27H,6-13H2,1H3,(H,23,29). The second kappa shape index (κ2) is 9.86. The zero-order chi connectivity index (χ0) is 21.8. The number of carbonyl (C=O) groups excluding carboxylic acids is 2. The lowest BCUT2D eigenvalue weighted by molar-refractivity contribution is -0.140. The highest BCUT2D eigenvalue weighted by atomic mass is 32.1. The fourth-order valence-corrected chi connectivity index (χ4v) is 4.85. The van der Waals surface area contributed by atoms with Gasteiger partial charge in [0, 0.05) is 32.6 Å². The van der Waals surface area contributed by atoms with Gasteiger partial charge in [0.25, 0.3) is 0 Å². The third-order valence-electron chi connectivity index (χ3n) is 5.79. The molecule has 2 aliphatic rings. The Morgan fingerprint density at radius 1 is 1.26 bits per heavy atom. The first-order valence-electron chi connectivity index (χ1n) is 10.6. The van der Waals surface area contributed by atoms with Crippen LogP contribution in [0, 0.1) is 6.92 Å². The molecule has 2 unspecified atom stereocenters. The van der Waals surface area contributed by atoms with E-state index >= 15 is 0 Å². The number of rotatable bonds is 6. The first-order chi connectivity index (χ1) is 15.0. The molecule has 3 heterocycles. The summed E-state index contributed by atoms with van der Waals surface area (Å²) in [5.41, 5.74) is 4.92. The van der Waals surface area contributed by atoms with Crippen molar-refractivity contribution in [3.05, 3.63) is 41.0 Å². The summed E-state index contributed by atoms with van der Waals surface area (Å²) in [6.45, 7) is 5.44. The predicted octanol–water partition coefficient (Wildman–Crippen LogP) is 1.03. The van der Waals surface area contributed by atoms with Crippen LogP contribution in [0.2, 0.25) is 0 Å². The Balaban J connectivity index is 1.33. The van der Waals surface area contributed by atoms with Gasteiger partial charge in [0.15, 0.2) is 0 Å². The van der Waals surface area contributed by atoms with E-state index in [1.165, 1.54) is 4.90 Å². The average Bonchev–Trinajstić information content (AvgIpc) is 3.39. The van der Waals surface area contributed by atoms with Crippen molar-refractivity contribution in [3.8, 4) is 10.4 Å². The summed E-state index contributed by atoms with van der Waals surface area (Å²) in [5, 5.41) is 13.0. The molecule has 2 amide bonds. The number of thiazole rings is 1. The molecule has 2 fully saturated rings. The molecule has 0 radical (unpaired) electrons. The molecule has 2 aliphatic heterocycles. The van der Waals surface area contributed by atoms with Crippen LogP contribution in [-0.2, 0) is 20.9 Å². The molecule has 0 bridgehead atoms. The minimum absolute atomic E-state index is 0.122. The number of benzene rings is 1. The summed E-state index contributed by atoms with van der Waals surface area (Å²) >= 11 is 1.61. The Hall–Kier alpha value is -2.33. The van der Waals surface area contributed by atoms with E-state index in [2.05, 4.69) is 10.3 Å². The zero-order valence-corrected chi connectivity index (χ0v) is 18.4. The lowest BCUT2D eigenvalue weighted by atomic mass is 10.1. The average molecular weight is 445 g/mol. The van der Waals surface area contributed by atoms with Crippen molar-refractivity contribution >= 4 is 23.2 Å². The quantitative estimate of drug-likeness (QED) is 0.691. The van der Waals surface area contributed by atoms with E-state index in [1.54, 1.807) is 11.3 Å². The maximum Gasteiger partial charge on any atom is 0.243 e. The number of hydrogen-bond donors (Lipinski definition) is 2. The molecule has 9 heteroatoms. The van der Waals surface area contributed by atoms with Gasteiger partial charge in [-0.2, -0.15) is 0 Å². The van der Waals surface area contributed by atoms with Crippen LogP contribution in [0.1, 0.15) is 17.7 Å². The Kier molecular flexibility index (Phi) is 6.96. The Morgan fingerprint density at radius 2 is 2.00 bits per heavy atom. The predicted molar refractivity (Wildman–Crippen MR) is 118 cm³/mol. The third-order valence-corrected chi connectivity index (χ3v) is 6.77. The summed E-state index contributed by atoms with van der Waals surface area (Å²) < 4.78 is 5.32. The van der Waals surface area contributed by atoms with Gasteiger partial charge in [-0.05, 0) is 18.1 Å². The number of aliphatic hydroxyl groups excluding tert-OH is 1. The summed E-state index contributed by atoms with van der Waals surface area (Å²) in [5.74, 6) is -0.350. The van der Waals surface area contributed by atoms with Crippen LogP contribution in [0.15, 0.2) is 29.8 Å². The lowest BCUT2D eigenvalue weighted by Crippen LogP contribution is -2.50. The fraction of sp³-hybridized carbons (Fsp3) is 0.500. The Bertz CT molecular complexity index is 910. The van der Waals surface area contributed by atoms with E-state index in [0.29, 0.717) is 32.8 Å². The summed E-state index contributed by atoms with van der Waals surface area (Å²) in [6.07, 6.45) is -0.407. The van der Waals surface area contributed by atoms with Crippen molar-refractivity contribution in [1.29, 1.82) is 0 Å². The third kappa shape index (κ3) is 5.30. The molecule has 2 aromatic rings. The van der Waals surface area contributed by atoms with Crippen molar-refractivity contribution < 1.29 is 19.4 Å². The smallest absolute Gasteiger partial charge is 0.243 e. The minimum atomic E-state index is -0.675. The van der Waals surface area contributed by atoms with Crippen LogP contribution in [0.25, 0.3) is 10.4 Å². The van der Waals surface area contributed by atoms with Crippen molar-refractivity contribution in [3.63, 3.8) is 0 Å². The van der Waals surface area contributed by atoms with Gasteiger partial charge in [-0.3, -0.25) is 14.5 Å². The second-order valence-corrected chi connectivity index (χ2v) is 8.88. The number of nitrogens with zero attached hydrogens (tertiary/aromatic N) is 3. The van der Waals surface area contributed by atoms with Gasteiger partial charge in [0.05, 0.1) is 41.9 Å². The van der Waals surface area contributed by atoms with Crippen LogP contribution in [-0.4, -0.2) is 83.2 Å². The van der Waals surface area contributed by atoms with Crippen LogP contribution in [0.5, 0.6) is 0 Å². The lowest BCUT2D eigenvalue weighted by Gasteiger charge is -2.30. The summed E-state index contributed by atoms with van der Waals surface area (Å²) in [4.78, 5) is 34.6. The van der Waals surface area contributed by atoms with E-state index < -0.39 is 12.1 Å². The molecule has 31 heavy (non-hydrogen) atoms. The zero-order valence-electron chi connectivity index (χ0n) is 17.6. The van der Waals surface area contributed by atoms with Crippen molar-refractivity contribution in [2.24, 2.45) is 0 Å². The Morgan fingerprint density at radius 3 is 2.68 bits per heavy atom. The first kappa shape index (κ1) is 21.9. The van der Waals surface area contributed by atoms with Crippen molar-refractivity contribution in [2.45, 2.75) is 32.0 Å². The number of likely N-dealkylation sites (tertiary alicyclic amines) is 1. The van der Waals surface area contributed by atoms with Crippen molar-refractivity contribution in [2.75, 3.05) is 39.4 Å². The number of aromatic nitrogens is 1. The molecule has 1 aromatic carbocycles. The Labute approximate surface area is 185 Å². The van der Waals surface area contributed by atoms with Crippen LogP contribution < -0.4 is 5.32 Å². The number of ether oxygens (including phenoxy) is 1. The topological polar surface area (TPSA) is 95.0 Å². The molecule has 2 atom stereocenters. The molecule has 166 valence electrons. The SMILES string of the molecule is Cc1ncsc1-c1ccc(CNC(=O)C2CC(O)CN2C(=O)CN2CCOCC2)cc1. The number of aliphatic hydroxyl groups is 1. The van der Waals surface area contributed by atoms with E-state index in [1.807, 2.05) is 41.6 Å². The minimum Gasteiger partial charge on any atom is -0.391 e. The van der Waals surface area contributed by atoms with E-state index in [4.69, 9.17) is 4.74 Å². The van der Waals surface area contributed by atoms with E-state index in [-0.39, 0.29) is 31.3 Å². The number of carbonyl (C=O) groups is 2. The maximum atomic E-state index is 12.8. The van der Waals surface area contributed by atoms with Crippen LogP contribution >= 0.6 is 11.3 Å². The van der Waals surface area contributed by atoms with Gasteiger partial charge >= 0.3 is 0 Å². The van der Waals surface area contributed by atoms with E-state index in [0.717, 1.165) is 21.7 Å². The summed E-state index contributed by atoms with van der Waals surface area (Å²) in [6, 6.07) is 7.39. The normalized spacial score (nSPS) is 21.9. The highest BCUT2D eigenvalue weighted by Crippen LogP contribution is 2.27. The molecule has 4 rings (SSSR count). The van der Waals surface area contributed by atoms with Gasteiger partial charge in [-0.1, -0.05) is 24.3 Å². The number of amides is 2. The van der Waals surface area contributed by atoms with Gasteiger partial charge in [0.1, 0.15) is 6.04 Å². The number of nitrogens with one attached hydrogen (secondary N) is 1. The number of hydrogen-bond acceptors (Lipinski definition) is 7. The monoisotopic (exact) mass is 444 g/mol. The molecule has 0 spiro atoms. The van der Waals surface area contributed by atoms with Gasteiger partial charge < -0.3 is 20.1 Å². The van der Waals surface area contributed by atoms with Gasteiger partial charge in [-0.15, -0.1) is 11.3 Å². The molecule has 2 saturated heterocycles. The number of aryl methyl sites for hydroxylation is 1. The second-order valence-electron chi connectivity index (χ2n) is 8.02. The molecule has 0 saturated carbocycles. The highest BCUT2D eigenvalue weighted by molar-refractivity contribution is 7.13. The van der Waals surface area contributed by atoms with Crippen LogP contribution in [0.4, 0.5) is 0 Å². The summed E-state index contributed by atoms with van der Waals surface area (Å²) in [7, 11) is 0. The fourth-order valence-electron chi connectivity index (χ4n) is 4.04. The van der Waals surface area contributed by atoms with Gasteiger partial charge in [0.2, 0.25) is 11.8 Å². The maximum absolute atomic E-state index is 12.8. The molecule has 1 aromatic heterocycles. The molecule has 8 nitrogen and oxygen atoms in total. The number of morpholine rings is 1. The molecule has 2 N–H and O–H groups in total. The van der Waals surface area contributed by atoms with Crippen LogP contribution in [0.3, 0.4) is 0 Å². The number of β-amino-alcohol motifs (C(OH)–C–C–N with tert-alkyl or cyclic N) is 1. The van der Waals surface area contributed by atoms with E-state index in [9.17, 15) is 14.7 Å². The largest absolute Gasteiger partial charge is 0.391 e. The van der Waals surface area contributed by atoms with Gasteiger partial charge in [-0.25, -0.2) is 4.98 Å². The molecular weight excluding hydrogens is 416 g/mol. The highest BCUT2D eigenvalue weighted by Gasteiger charge is 2.39. The first-order valence-corrected chi connectivity index (χ1v) is 11.4. The van der Waals surface area contributed by atoms with Crippen molar-refractivity contribution in [1.82, 2.24) is 20.1 Å².